The van der Waals surface area contributed by atoms with E-state index in [1.54, 1.807) is 10.9 Å². The molecule has 136 valence electrons. The van der Waals surface area contributed by atoms with Crippen LogP contribution in [0.5, 0.6) is 0 Å². The van der Waals surface area contributed by atoms with Crippen LogP contribution in [0.1, 0.15) is 28.4 Å². The fourth-order valence-electron chi connectivity index (χ4n) is 2.98. The normalized spacial score (nSPS) is 12.4. The standard InChI is InChI=1S/C20H19N5OS/c1-12-8-9-15(10-13(12)2)25-20(22-23-24-25)27-14(3)19(26)17-11-21-18-7-5-4-6-16(17)18/h4-11,14,21H,1-3H3. The Hall–Kier alpha value is -2.93. The highest BCUT2D eigenvalue weighted by Gasteiger charge is 2.22. The number of carbonyl (C=O) groups is 1. The van der Waals surface area contributed by atoms with Crippen LogP contribution in [-0.2, 0) is 0 Å². The minimum absolute atomic E-state index is 0.0482. The van der Waals surface area contributed by atoms with Crippen molar-refractivity contribution >= 4 is 28.4 Å². The number of ketones is 1. The molecule has 1 unspecified atom stereocenters. The third-order valence-corrected chi connectivity index (χ3v) is 5.72. The van der Waals surface area contributed by atoms with Crippen LogP contribution in [0.4, 0.5) is 0 Å². The third-order valence-electron chi connectivity index (χ3n) is 4.68. The third kappa shape index (κ3) is 3.26. The molecular weight excluding hydrogens is 358 g/mol. The number of H-pyrrole nitrogens is 1. The quantitative estimate of drug-likeness (QED) is 0.418. The maximum absolute atomic E-state index is 13.0. The van der Waals surface area contributed by atoms with E-state index >= 15 is 0 Å². The fraction of sp³-hybridized carbons (Fsp3) is 0.200. The number of hydrogen-bond donors (Lipinski definition) is 1. The molecule has 0 aliphatic carbocycles. The van der Waals surface area contributed by atoms with Crippen molar-refractivity contribution in [3.63, 3.8) is 0 Å². The molecule has 0 amide bonds. The topological polar surface area (TPSA) is 76.5 Å². The summed E-state index contributed by atoms with van der Waals surface area (Å²) in [6.45, 7) is 6.00. The van der Waals surface area contributed by atoms with Gasteiger partial charge in [-0.05, 0) is 60.5 Å². The number of aryl methyl sites for hydroxylation is 2. The molecule has 1 atom stereocenters. The molecule has 7 heteroatoms. The number of thioether (sulfide) groups is 1. The number of aromatic amines is 1. The largest absolute Gasteiger partial charge is 0.360 e. The average Bonchev–Trinajstić information content (AvgIpc) is 3.30. The van der Waals surface area contributed by atoms with Gasteiger partial charge in [0.15, 0.2) is 5.78 Å². The Morgan fingerprint density at radius 2 is 1.96 bits per heavy atom. The van der Waals surface area contributed by atoms with E-state index < -0.39 is 0 Å². The number of hydrogen-bond acceptors (Lipinski definition) is 5. The summed E-state index contributed by atoms with van der Waals surface area (Å²) in [6, 6.07) is 13.9. The first-order valence-electron chi connectivity index (χ1n) is 8.67. The Bertz CT molecular complexity index is 1130. The molecule has 2 aromatic carbocycles. The maximum atomic E-state index is 13.0. The van der Waals surface area contributed by atoms with Crippen molar-refractivity contribution in [2.45, 2.75) is 31.2 Å². The lowest BCUT2D eigenvalue weighted by molar-refractivity contribution is 0.0995. The Morgan fingerprint density at radius 1 is 1.15 bits per heavy atom. The molecule has 0 aliphatic rings. The molecule has 4 aromatic rings. The van der Waals surface area contributed by atoms with Gasteiger partial charge in [0.05, 0.1) is 10.9 Å². The number of rotatable bonds is 5. The molecule has 6 nitrogen and oxygen atoms in total. The van der Waals surface area contributed by atoms with Crippen LogP contribution in [0.3, 0.4) is 0 Å². The van der Waals surface area contributed by atoms with Crippen molar-refractivity contribution < 1.29 is 4.79 Å². The number of nitrogens with zero attached hydrogens (tertiary/aromatic N) is 4. The van der Waals surface area contributed by atoms with Gasteiger partial charge in [0.2, 0.25) is 5.16 Å². The summed E-state index contributed by atoms with van der Waals surface area (Å²) in [4.78, 5) is 16.1. The molecule has 0 saturated carbocycles. The summed E-state index contributed by atoms with van der Waals surface area (Å²) in [5.41, 5.74) is 4.91. The lowest BCUT2D eigenvalue weighted by atomic mass is 10.1. The second-order valence-corrected chi connectivity index (χ2v) is 7.82. The van der Waals surface area contributed by atoms with Crippen molar-refractivity contribution in [2.75, 3.05) is 0 Å². The smallest absolute Gasteiger partial charge is 0.214 e. The first-order chi connectivity index (χ1) is 13.0. The van der Waals surface area contributed by atoms with E-state index in [1.807, 2.05) is 49.4 Å². The molecule has 0 bridgehead atoms. The molecule has 1 N–H and O–H groups in total. The SMILES string of the molecule is Cc1ccc(-n2nnnc2SC(C)C(=O)c2c[nH]c3ccccc23)cc1C. The van der Waals surface area contributed by atoms with E-state index in [0.717, 1.165) is 16.6 Å². The molecule has 27 heavy (non-hydrogen) atoms. The molecule has 0 saturated heterocycles. The van der Waals surface area contributed by atoms with E-state index in [-0.39, 0.29) is 11.0 Å². The van der Waals surface area contributed by atoms with Crippen molar-refractivity contribution in [1.29, 1.82) is 0 Å². The molecule has 0 radical (unpaired) electrons. The zero-order chi connectivity index (χ0) is 19.0. The number of nitrogens with one attached hydrogen (secondary N) is 1. The Balaban J connectivity index is 1.60. The number of tetrazole rings is 1. The molecular formula is C20H19N5OS. The highest BCUT2D eigenvalue weighted by atomic mass is 32.2. The van der Waals surface area contributed by atoms with Crippen molar-refractivity contribution in [2.24, 2.45) is 0 Å². The molecule has 0 aliphatic heterocycles. The van der Waals surface area contributed by atoms with Crippen molar-refractivity contribution in [3.8, 4) is 5.69 Å². The van der Waals surface area contributed by atoms with Crippen molar-refractivity contribution in [1.82, 2.24) is 25.2 Å². The van der Waals surface area contributed by atoms with Gasteiger partial charge in [-0.25, -0.2) is 0 Å². The van der Waals surface area contributed by atoms with Crippen LogP contribution in [0, 0.1) is 13.8 Å². The number of fused-ring (bicyclic) bond motifs is 1. The highest BCUT2D eigenvalue weighted by Crippen LogP contribution is 2.28. The van der Waals surface area contributed by atoms with E-state index in [2.05, 4.69) is 34.4 Å². The minimum atomic E-state index is -0.319. The first kappa shape index (κ1) is 17.5. The second kappa shape index (κ2) is 7.00. The number of Topliss-reactive ketones (excluding diaryl/α,β-unsaturated/α-hetero) is 1. The van der Waals surface area contributed by atoms with Gasteiger partial charge < -0.3 is 4.98 Å². The molecule has 4 rings (SSSR count). The van der Waals surface area contributed by atoms with Gasteiger partial charge in [0.25, 0.3) is 0 Å². The first-order valence-corrected chi connectivity index (χ1v) is 9.55. The fourth-order valence-corrected chi connectivity index (χ4v) is 3.85. The molecule has 0 spiro atoms. The van der Waals surface area contributed by atoms with Gasteiger partial charge in [-0.15, -0.1) is 5.10 Å². The van der Waals surface area contributed by atoms with Crippen LogP contribution in [0.2, 0.25) is 0 Å². The predicted molar refractivity (Wildman–Crippen MR) is 107 cm³/mol. The Morgan fingerprint density at radius 3 is 2.78 bits per heavy atom. The van der Waals surface area contributed by atoms with Gasteiger partial charge >= 0.3 is 0 Å². The van der Waals surface area contributed by atoms with Crippen LogP contribution in [0.25, 0.3) is 16.6 Å². The number of benzene rings is 2. The molecule has 2 aromatic heterocycles. The van der Waals surface area contributed by atoms with E-state index in [9.17, 15) is 4.79 Å². The van der Waals surface area contributed by atoms with E-state index in [0.29, 0.717) is 10.7 Å². The monoisotopic (exact) mass is 377 g/mol. The maximum Gasteiger partial charge on any atom is 0.214 e. The lowest BCUT2D eigenvalue weighted by Gasteiger charge is -2.10. The van der Waals surface area contributed by atoms with Gasteiger partial charge in [-0.1, -0.05) is 36.0 Å². The summed E-state index contributed by atoms with van der Waals surface area (Å²) in [6.07, 6.45) is 1.77. The zero-order valence-electron chi connectivity index (χ0n) is 15.3. The Kier molecular flexibility index (Phi) is 4.53. The highest BCUT2D eigenvalue weighted by molar-refractivity contribution is 8.00. The van der Waals surface area contributed by atoms with Gasteiger partial charge in [-0.3, -0.25) is 4.79 Å². The lowest BCUT2D eigenvalue weighted by Crippen LogP contribution is -2.14. The number of para-hydroxylation sites is 1. The summed E-state index contributed by atoms with van der Waals surface area (Å²) in [5, 5.41) is 13.2. The number of carbonyl (C=O) groups excluding carboxylic acids is 1. The summed E-state index contributed by atoms with van der Waals surface area (Å²) in [7, 11) is 0. The number of aromatic nitrogens is 5. The van der Waals surface area contributed by atoms with Gasteiger partial charge in [-0.2, -0.15) is 4.68 Å². The molecule has 2 heterocycles. The van der Waals surface area contributed by atoms with Gasteiger partial charge in [0.1, 0.15) is 0 Å². The van der Waals surface area contributed by atoms with Crippen LogP contribution < -0.4 is 0 Å². The van der Waals surface area contributed by atoms with Crippen LogP contribution in [-0.4, -0.2) is 36.2 Å². The summed E-state index contributed by atoms with van der Waals surface area (Å²) < 4.78 is 1.68. The Labute approximate surface area is 161 Å². The van der Waals surface area contributed by atoms with E-state index in [4.69, 9.17) is 0 Å². The molecule has 0 fully saturated rings. The van der Waals surface area contributed by atoms with Crippen LogP contribution in [0.15, 0.2) is 53.8 Å². The summed E-state index contributed by atoms with van der Waals surface area (Å²) >= 11 is 1.36. The average molecular weight is 377 g/mol. The van der Waals surface area contributed by atoms with Crippen LogP contribution >= 0.6 is 11.8 Å². The zero-order valence-corrected chi connectivity index (χ0v) is 16.1. The van der Waals surface area contributed by atoms with Gasteiger partial charge in [0, 0.05) is 22.7 Å². The second-order valence-electron chi connectivity index (χ2n) is 6.51. The van der Waals surface area contributed by atoms with Crippen molar-refractivity contribution in [3.05, 3.63) is 65.4 Å². The predicted octanol–water partition coefficient (Wildman–Crippen LogP) is 4.12. The summed E-state index contributed by atoms with van der Waals surface area (Å²) in [5.74, 6) is 0.0482. The van der Waals surface area contributed by atoms with E-state index in [1.165, 1.54) is 22.9 Å². The minimum Gasteiger partial charge on any atom is -0.360 e.